The van der Waals surface area contributed by atoms with Crippen LogP contribution in [0.5, 0.6) is 0 Å². The molecule has 1 aliphatic rings. The summed E-state index contributed by atoms with van der Waals surface area (Å²) in [6.45, 7) is 2.75. The second-order valence-electron chi connectivity index (χ2n) is 3.11. The van der Waals surface area contributed by atoms with Crippen molar-refractivity contribution in [1.29, 1.82) is 0 Å². The first-order chi connectivity index (χ1) is 5.79. The summed E-state index contributed by atoms with van der Waals surface area (Å²) in [6, 6.07) is 6.01. The van der Waals surface area contributed by atoms with Crippen LogP contribution in [0.3, 0.4) is 0 Å². The number of benzene rings is 1. The van der Waals surface area contributed by atoms with E-state index in [1.807, 2.05) is 25.1 Å². The molecular weight excluding hydrogens is 150 g/mol. The van der Waals surface area contributed by atoms with E-state index in [9.17, 15) is 4.79 Å². The van der Waals surface area contributed by atoms with E-state index in [0.717, 1.165) is 24.1 Å². The molecule has 0 unspecified atom stereocenters. The zero-order valence-corrected chi connectivity index (χ0v) is 7.05. The van der Waals surface area contributed by atoms with Gasteiger partial charge in [0.05, 0.1) is 0 Å². The lowest BCUT2D eigenvalue weighted by Gasteiger charge is -2.17. The lowest BCUT2D eigenvalue weighted by Crippen LogP contribution is -2.32. The maximum absolute atomic E-state index is 11.4. The molecule has 0 bridgehead atoms. The topological polar surface area (TPSA) is 29.1 Å². The molecule has 0 fully saturated rings. The number of aryl methyl sites for hydroxylation is 1. The minimum Gasteiger partial charge on any atom is -0.352 e. The molecule has 0 radical (unpaired) electrons. The predicted molar refractivity (Wildman–Crippen MR) is 47.2 cm³/mol. The molecule has 0 spiro atoms. The fourth-order valence-corrected chi connectivity index (χ4v) is 1.66. The second kappa shape index (κ2) is 2.63. The quantitative estimate of drug-likeness (QED) is 0.610. The monoisotopic (exact) mass is 161 g/mol. The third kappa shape index (κ3) is 0.998. The Balaban J connectivity index is 2.60. The average molecular weight is 161 g/mol. The zero-order chi connectivity index (χ0) is 8.55. The van der Waals surface area contributed by atoms with E-state index in [0.29, 0.717) is 0 Å². The maximum atomic E-state index is 11.4. The SMILES string of the molecule is Cc1cccc2c1C(=O)NCC2. The van der Waals surface area contributed by atoms with Gasteiger partial charge >= 0.3 is 0 Å². The van der Waals surface area contributed by atoms with Crippen molar-refractivity contribution in [3.8, 4) is 0 Å². The first-order valence-electron chi connectivity index (χ1n) is 4.16. The van der Waals surface area contributed by atoms with E-state index in [4.69, 9.17) is 0 Å². The van der Waals surface area contributed by atoms with Crippen LogP contribution in [0.15, 0.2) is 18.2 Å². The van der Waals surface area contributed by atoms with Crippen molar-refractivity contribution in [2.75, 3.05) is 6.54 Å². The van der Waals surface area contributed by atoms with Crippen molar-refractivity contribution in [2.45, 2.75) is 13.3 Å². The number of carbonyl (C=O) groups excluding carboxylic acids is 1. The van der Waals surface area contributed by atoms with E-state index in [1.54, 1.807) is 0 Å². The van der Waals surface area contributed by atoms with Crippen molar-refractivity contribution < 1.29 is 4.79 Å². The summed E-state index contributed by atoms with van der Waals surface area (Å²) >= 11 is 0. The van der Waals surface area contributed by atoms with Gasteiger partial charge in [-0.15, -0.1) is 0 Å². The number of nitrogens with one attached hydrogen (secondary N) is 1. The van der Waals surface area contributed by atoms with Gasteiger partial charge in [0.25, 0.3) is 5.91 Å². The van der Waals surface area contributed by atoms with Crippen LogP contribution in [-0.4, -0.2) is 12.5 Å². The molecule has 1 aliphatic heterocycles. The molecule has 12 heavy (non-hydrogen) atoms. The second-order valence-corrected chi connectivity index (χ2v) is 3.11. The first kappa shape index (κ1) is 7.35. The lowest BCUT2D eigenvalue weighted by atomic mass is 9.96. The molecule has 2 nitrogen and oxygen atoms in total. The van der Waals surface area contributed by atoms with Gasteiger partial charge in [0, 0.05) is 12.1 Å². The minimum atomic E-state index is 0.0781. The molecule has 62 valence electrons. The van der Waals surface area contributed by atoms with Gasteiger partial charge in [-0.2, -0.15) is 0 Å². The molecule has 2 rings (SSSR count). The van der Waals surface area contributed by atoms with Crippen molar-refractivity contribution in [1.82, 2.24) is 5.32 Å². The fourth-order valence-electron chi connectivity index (χ4n) is 1.66. The number of fused-ring (bicyclic) bond motifs is 1. The van der Waals surface area contributed by atoms with Crippen molar-refractivity contribution in [3.63, 3.8) is 0 Å². The molecule has 1 aromatic carbocycles. The normalized spacial score (nSPS) is 15.2. The van der Waals surface area contributed by atoms with Gasteiger partial charge in [0.15, 0.2) is 0 Å². The van der Waals surface area contributed by atoms with E-state index >= 15 is 0 Å². The van der Waals surface area contributed by atoms with Crippen LogP contribution < -0.4 is 5.32 Å². The minimum absolute atomic E-state index is 0.0781. The summed E-state index contributed by atoms with van der Waals surface area (Å²) in [5, 5.41) is 2.84. The van der Waals surface area contributed by atoms with Crippen molar-refractivity contribution in [3.05, 3.63) is 34.9 Å². The Morgan fingerprint density at radius 1 is 1.42 bits per heavy atom. The van der Waals surface area contributed by atoms with Crippen LogP contribution in [0, 0.1) is 6.92 Å². The zero-order valence-electron chi connectivity index (χ0n) is 7.05. The Morgan fingerprint density at radius 2 is 2.25 bits per heavy atom. The van der Waals surface area contributed by atoms with Gasteiger partial charge < -0.3 is 5.32 Å². The van der Waals surface area contributed by atoms with Gasteiger partial charge in [0.1, 0.15) is 0 Å². The van der Waals surface area contributed by atoms with Crippen molar-refractivity contribution >= 4 is 5.91 Å². The Labute approximate surface area is 71.6 Å². The molecule has 0 saturated carbocycles. The van der Waals surface area contributed by atoms with Gasteiger partial charge in [-0.05, 0) is 24.5 Å². The number of amides is 1. The Bertz CT molecular complexity index is 331. The summed E-state index contributed by atoms with van der Waals surface area (Å²) in [5.41, 5.74) is 3.13. The van der Waals surface area contributed by atoms with Gasteiger partial charge in [-0.3, -0.25) is 4.79 Å². The van der Waals surface area contributed by atoms with Gasteiger partial charge in [-0.1, -0.05) is 18.2 Å². The fraction of sp³-hybridized carbons (Fsp3) is 0.300. The number of rotatable bonds is 0. The molecule has 0 atom stereocenters. The molecule has 1 amide bonds. The molecule has 0 saturated heterocycles. The molecule has 2 heteroatoms. The number of hydrogen-bond donors (Lipinski definition) is 1. The van der Waals surface area contributed by atoms with E-state index in [-0.39, 0.29) is 5.91 Å². The van der Waals surface area contributed by atoms with E-state index in [1.165, 1.54) is 5.56 Å². The summed E-state index contributed by atoms with van der Waals surface area (Å²) in [6.07, 6.45) is 0.961. The third-order valence-corrected chi connectivity index (χ3v) is 2.27. The van der Waals surface area contributed by atoms with Crippen LogP contribution in [0.4, 0.5) is 0 Å². The average Bonchev–Trinajstić information content (AvgIpc) is 2.04. The lowest BCUT2D eigenvalue weighted by molar-refractivity contribution is 0.0945. The number of carbonyl (C=O) groups is 1. The van der Waals surface area contributed by atoms with Gasteiger partial charge in [0.2, 0.25) is 0 Å². The highest BCUT2D eigenvalue weighted by Crippen LogP contribution is 2.17. The standard InChI is InChI=1S/C10H11NO/c1-7-3-2-4-8-5-6-11-10(12)9(7)8/h2-4H,5-6H2,1H3,(H,11,12). The first-order valence-corrected chi connectivity index (χ1v) is 4.16. The Morgan fingerprint density at radius 3 is 3.00 bits per heavy atom. The molecule has 1 N–H and O–H groups in total. The summed E-state index contributed by atoms with van der Waals surface area (Å²) in [4.78, 5) is 11.4. The summed E-state index contributed by atoms with van der Waals surface area (Å²) in [5.74, 6) is 0.0781. The van der Waals surface area contributed by atoms with Crippen LogP contribution in [0.25, 0.3) is 0 Å². The number of hydrogen-bond acceptors (Lipinski definition) is 1. The van der Waals surface area contributed by atoms with Crippen LogP contribution in [0.2, 0.25) is 0 Å². The Hall–Kier alpha value is -1.31. The predicted octanol–water partition coefficient (Wildman–Crippen LogP) is 1.28. The van der Waals surface area contributed by atoms with Crippen LogP contribution in [0.1, 0.15) is 21.5 Å². The highest BCUT2D eigenvalue weighted by Gasteiger charge is 2.17. The third-order valence-electron chi connectivity index (χ3n) is 2.27. The van der Waals surface area contributed by atoms with Gasteiger partial charge in [-0.25, -0.2) is 0 Å². The molecular formula is C10H11NO. The van der Waals surface area contributed by atoms with Crippen molar-refractivity contribution in [2.24, 2.45) is 0 Å². The Kier molecular flexibility index (Phi) is 1.61. The highest BCUT2D eigenvalue weighted by atomic mass is 16.1. The summed E-state index contributed by atoms with van der Waals surface area (Å²) < 4.78 is 0. The molecule has 0 aromatic heterocycles. The van der Waals surface area contributed by atoms with Crippen LogP contribution in [-0.2, 0) is 6.42 Å². The van der Waals surface area contributed by atoms with E-state index in [2.05, 4.69) is 5.32 Å². The summed E-state index contributed by atoms with van der Waals surface area (Å²) in [7, 11) is 0. The van der Waals surface area contributed by atoms with E-state index < -0.39 is 0 Å². The largest absolute Gasteiger partial charge is 0.352 e. The smallest absolute Gasteiger partial charge is 0.251 e. The van der Waals surface area contributed by atoms with Crippen LogP contribution >= 0.6 is 0 Å². The molecule has 0 aliphatic carbocycles. The maximum Gasteiger partial charge on any atom is 0.251 e. The molecule has 1 aromatic rings. The highest BCUT2D eigenvalue weighted by molar-refractivity contribution is 5.98. The molecule has 1 heterocycles.